The number of halogens is 1. The van der Waals surface area contributed by atoms with Crippen molar-refractivity contribution in [2.75, 3.05) is 44.3 Å². The molecular formula is C30H40FN5O4. The Kier molecular flexibility index (Phi) is 7.80. The van der Waals surface area contributed by atoms with Gasteiger partial charge in [-0.1, -0.05) is 12.1 Å². The van der Waals surface area contributed by atoms with Gasteiger partial charge in [-0.05, 0) is 62.9 Å². The molecule has 0 spiro atoms. The van der Waals surface area contributed by atoms with E-state index in [0.29, 0.717) is 61.1 Å². The Morgan fingerprint density at radius 1 is 1.18 bits per heavy atom. The third-order valence-corrected chi connectivity index (χ3v) is 8.76. The zero-order valence-electron chi connectivity index (χ0n) is 23.6. The second kappa shape index (κ2) is 11.3. The van der Waals surface area contributed by atoms with E-state index in [0.717, 1.165) is 43.8 Å². The molecule has 0 bridgehead atoms. The minimum absolute atomic E-state index is 0.0155. The molecule has 1 aromatic carbocycles. The minimum atomic E-state index is -0.297. The summed E-state index contributed by atoms with van der Waals surface area (Å²) < 4.78 is 25.3. The van der Waals surface area contributed by atoms with Crippen LogP contribution in [-0.2, 0) is 22.6 Å². The van der Waals surface area contributed by atoms with Crippen LogP contribution in [0.4, 0.5) is 10.1 Å². The molecule has 1 saturated carbocycles. The zero-order valence-corrected chi connectivity index (χ0v) is 23.6. The maximum absolute atomic E-state index is 14.0. The fourth-order valence-corrected chi connectivity index (χ4v) is 6.43. The van der Waals surface area contributed by atoms with Gasteiger partial charge in [0.25, 0.3) is 0 Å². The summed E-state index contributed by atoms with van der Waals surface area (Å²) in [5.74, 6) is 0.0847. The Morgan fingerprint density at radius 2 is 1.98 bits per heavy atom. The molecule has 0 radical (unpaired) electrons. The molecule has 2 saturated heterocycles. The van der Waals surface area contributed by atoms with Crippen LogP contribution < -0.4 is 15.0 Å². The summed E-state index contributed by atoms with van der Waals surface area (Å²) in [4.78, 5) is 25.4. The average Bonchev–Trinajstić information content (AvgIpc) is 3.72. The summed E-state index contributed by atoms with van der Waals surface area (Å²) in [5.41, 5.74) is 2.81. The van der Waals surface area contributed by atoms with Gasteiger partial charge in [-0.2, -0.15) is 0 Å². The monoisotopic (exact) mass is 553 g/mol. The minimum Gasteiger partial charge on any atom is -0.474 e. The topological polar surface area (TPSA) is 90.4 Å². The van der Waals surface area contributed by atoms with E-state index in [1.54, 1.807) is 12.1 Å². The first kappa shape index (κ1) is 27.5. The van der Waals surface area contributed by atoms with Crippen molar-refractivity contribution in [2.45, 2.75) is 76.5 Å². The number of carbonyl (C=O) groups excluding carboxylic acids is 1. The van der Waals surface area contributed by atoms with E-state index in [4.69, 9.17) is 9.47 Å². The molecule has 0 unspecified atom stereocenters. The SMILES string of the molecule is C[C@@H]1CN(CC(=O)N2c3cc(Cc4ccc(F)cc4)c(CO)nc3OC[C@@H]2C)[C@@H](CN2[C@H](C)CO[C@H]3C[C@H]32)CN1. The van der Waals surface area contributed by atoms with Crippen LogP contribution in [-0.4, -0.2) is 102 Å². The summed E-state index contributed by atoms with van der Waals surface area (Å²) in [7, 11) is 0. The lowest BCUT2D eigenvalue weighted by Gasteiger charge is -2.44. The molecule has 10 heteroatoms. The van der Waals surface area contributed by atoms with Gasteiger partial charge >= 0.3 is 0 Å². The third-order valence-electron chi connectivity index (χ3n) is 8.76. The lowest BCUT2D eigenvalue weighted by atomic mass is 10.0. The van der Waals surface area contributed by atoms with Gasteiger partial charge in [0, 0.05) is 43.8 Å². The first-order valence-corrected chi connectivity index (χ1v) is 14.5. The molecule has 1 amide bonds. The zero-order chi connectivity index (χ0) is 28.0. The van der Waals surface area contributed by atoms with E-state index in [9.17, 15) is 14.3 Å². The van der Waals surface area contributed by atoms with E-state index < -0.39 is 0 Å². The Balaban J connectivity index is 1.23. The van der Waals surface area contributed by atoms with Crippen molar-refractivity contribution in [1.82, 2.24) is 20.1 Å². The number of carbonyl (C=O) groups is 1. The number of morpholine rings is 1. The highest BCUT2D eigenvalue weighted by Crippen LogP contribution is 2.38. The summed E-state index contributed by atoms with van der Waals surface area (Å²) >= 11 is 0. The van der Waals surface area contributed by atoms with Gasteiger partial charge in [-0.25, -0.2) is 9.37 Å². The van der Waals surface area contributed by atoms with Gasteiger partial charge in [0.05, 0.1) is 37.6 Å². The van der Waals surface area contributed by atoms with Crippen LogP contribution in [0.25, 0.3) is 0 Å². The van der Waals surface area contributed by atoms with Crippen molar-refractivity contribution < 1.29 is 23.8 Å². The standard InChI is InChI=1S/C30H40FN5O4/c1-18-12-34(24(11-32-18)13-35-19(2)16-39-28-10-26(28)35)14-29(38)36-20(3)17-40-30-27(36)9-22(25(15-37)33-30)8-21-4-6-23(31)7-5-21/h4-7,9,18-20,24,26,28,32,37H,8,10-17H2,1-3H3/t18-,19-,20+,24-,26-,28+/m1/s1. The van der Waals surface area contributed by atoms with Gasteiger partial charge < -0.3 is 24.8 Å². The summed E-state index contributed by atoms with van der Waals surface area (Å²) in [6.45, 7) is 10.1. The van der Waals surface area contributed by atoms with Gasteiger partial charge in [-0.3, -0.25) is 14.6 Å². The van der Waals surface area contributed by atoms with Crippen molar-refractivity contribution in [1.29, 1.82) is 0 Å². The van der Waals surface area contributed by atoms with Gasteiger partial charge in [0.1, 0.15) is 18.1 Å². The molecule has 2 N–H and O–H groups in total. The number of aliphatic hydroxyl groups is 1. The molecule has 6 atom stereocenters. The van der Waals surface area contributed by atoms with Crippen LogP contribution in [0.1, 0.15) is 44.0 Å². The predicted molar refractivity (Wildman–Crippen MR) is 149 cm³/mol. The number of anilines is 1. The second-order valence-corrected chi connectivity index (χ2v) is 11.9. The van der Waals surface area contributed by atoms with Crippen LogP contribution in [0.15, 0.2) is 30.3 Å². The van der Waals surface area contributed by atoms with Crippen LogP contribution in [0.5, 0.6) is 5.88 Å². The molecule has 40 heavy (non-hydrogen) atoms. The maximum atomic E-state index is 14.0. The lowest BCUT2D eigenvalue weighted by Crippen LogP contribution is -2.62. The normalized spacial score (nSPS) is 30.4. The van der Waals surface area contributed by atoms with E-state index in [-0.39, 0.29) is 30.4 Å². The van der Waals surface area contributed by atoms with Gasteiger partial charge in [0.2, 0.25) is 11.8 Å². The van der Waals surface area contributed by atoms with Crippen LogP contribution in [0.3, 0.4) is 0 Å². The van der Waals surface area contributed by atoms with Crippen LogP contribution in [0, 0.1) is 5.82 Å². The average molecular weight is 554 g/mol. The fourth-order valence-electron chi connectivity index (χ4n) is 6.43. The molecular weight excluding hydrogens is 513 g/mol. The number of benzene rings is 1. The quantitative estimate of drug-likeness (QED) is 0.538. The lowest BCUT2D eigenvalue weighted by molar-refractivity contribution is -0.121. The third kappa shape index (κ3) is 5.60. The Morgan fingerprint density at radius 3 is 2.75 bits per heavy atom. The summed E-state index contributed by atoms with van der Waals surface area (Å²) in [6, 6.07) is 9.44. The second-order valence-electron chi connectivity index (χ2n) is 11.9. The maximum Gasteiger partial charge on any atom is 0.241 e. The largest absolute Gasteiger partial charge is 0.474 e. The smallest absolute Gasteiger partial charge is 0.241 e. The number of aliphatic hydroxyl groups excluding tert-OH is 1. The molecule has 216 valence electrons. The van der Waals surface area contributed by atoms with Crippen molar-refractivity contribution in [2.24, 2.45) is 0 Å². The summed E-state index contributed by atoms with van der Waals surface area (Å²) in [6.07, 6.45) is 1.93. The van der Waals surface area contributed by atoms with Crippen LogP contribution >= 0.6 is 0 Å². The molecule has 9 nitrogen and oxygen atoms in total. The number of hydrogen-bond acceptors (Lipinski definition) is 8. The highest BCUT2D eigenvalue weighted by molar-refractivity contribution is 5.97. The predicted octanol–water partition coefficient (Wildman–Crippen LogP) is 1.94. The number of aromatic nitrogens is 1. The Labute approximate surface area is 235 Å². The number of rotatable bonds is 7. The van der Waals surface area contributed by atoms with Gasteiger partial charge in [0.15, 0.2) is 0 Å². The number of ether oxygens (including phenoxy) is 2. The van der Waals surface area contributed by atoms with Crippen molar-refractivity contribution in [3.05, 3.63) is 53.0 Å². The van der Waals surface area contributed by atoms with E-state index >= 15 is 0 Å². The first-order valence-electron chi connectivity index (χ1n) is 14.5. The highest BCUT2D eigenvalue weighted by atomic mass is 19.1. The van der Waals surface area contributed by atoms with Crippen molar-refractivity contribution in [3.63, 3.8) is 0 Å². The molecule has 4 heterocycles. The number of nitrogens with zero attached hydrogens (tertiary/aromatic N) is 4. The Bertz CT molecular complexity index is 1230. The molecule has 4 aliphatic rings. The van der Waals surface area contributed by atoms with Crippen LogP contribution in [0.2, 0.25) is 0 Å². The number of piperazine rings is 1. The highest BCUT2D eigenvalue weighted by Gasteiger charge is 2.49. The van der Waals surface area contributed by atoms with Crippen molar-refractivity contribution in [3.8, 4) is 5.88 Å². The van der Waals surface area contributed by atoms with Crippen molar-refractivity contribution >= 4 is 11.6 Å². The molecule has 3 fully saturated rings. The Hall–Kier alpha value is -2.63. The summed E-state index contributed by atoms with van der Waals surface area (Å²) in [5, 5.41) is 13.6. The molecule has 3 aliphatic heterocycles. The first-order chi connectivity index (χ1) is 19.3. The van der Waals surface area contributed by atoms with E-state index in [1.165, 1.54) is 12.1 Å². The molecule has 1 aromatic heterocycles. The number of nitrogens with one attached hydrogen (secondary N) is 1. The number of pyridine rings is 1. The number of amides is 1. The molecule has 1 aliphatic carbocycles. The molecule has 6 rings (SSSR count). The van der Waals surface area contributed by atoms with E-state index in [1.807, 2.05) is 17.9 Å². The number of hydrogen-bond donors (Lipinski definition) is 2. The van der Waals surface area contributed by atoms with E-state index in [2.05, 4.69) is 33.9 Å². The van der Waals surface area contributed by atoms with Gasteiger partial charge in [-0.15, -0.1) is 0 Å². The fraction of sp³-hybridized carbons (Fsp3) is 0.600. The number of fused-ring (bicyclic) bond motifs is 2. The molecule has 2 aromatic rings.